The molecule has 0 aliphatic carbocycles. The van der Waals surface area contributed by atoms with Crippen molar-refractivity contribution in [1.82, 2.24) is 5.32 Å². The number of aliphatic carboxylic acids is 1. The highest BCUT2D eigenvalue weighted by Gasteiger charge is 2.23. The number of methoxy groups -OCH3 is 1. The minimum Gasteiger partial charge on any atom is -0.496 e. The fourth-order valence-electron chi connectivity index (χ4n) is 2.17. The Morgan fingerprint density at radius 2 is 1.83 bits per heavy atom. The predicted octanol–water partition coefficient (Wildman–Crippen LogP) is 2.77. The Labute approximate surface area is 138 Å². The molecule has 0 radical (unpaired) electrons. The van der Waals surface area contributed by atoms with Gasteiger partial charge in [-0.1, -0.05) is 41.9 Å². The molecule has 2 aromatic carbocycles. The third-order valence-corrected chi connectivity index (χ3v) is 3.67. The Morgan fingerprint density at radius 1 is 1.17 bits per heavy atom. The van der Waals surface area contributed by atoms with E-state index in [-0.39, 0.29) is 17.0 Å². The average Bonchev–Trinajstić information content (AvgIpc) is 2.54. The first-order valence-electron chi connectivity index (χ1n) is 6.93. The number of carboxylic acid groups (broad SMARTS) is 1. The average molecular weight is 334 g/mol. The minimum atomic E-state index is -1.13. The topological polar surface area (TPSA) is 75.6 Å². The number of hydrogen-bond donors (Lipinski definition) is 2. The number of carboxylic acids is 1. The summed E-state index contributed by atoms with van der Waals surface area (Å²) in [7, 11) is 1.51. The molecule has 0 aliphatic heterocycles. The number of ether oxygens (including phenoxy) is 1. The van der Waals surface area contributed by atoms with E-state index in [1.165, 1.54) is 7.11 Å². The fraction of sp³-hybridized carbons (Fsp3) is 0.176. The summed E-state index contributed by atoms with van der Waals surface area (Å²) in [4.78, 5) is 23.7. The molecule has 0 fully saturated rings. The molecule has 1 atom stereocenters. The molecule has 5 nitrogen and oxygen atoms in total. The van der Waals surface area contributed by atoms with Gasteiger partial charge in [0.1, 0.15) is 11.8 Å². The second-order valence-corrected chi connectivity index (χ2v) is 5.27. The van der Waals surface area contributed by atoms with Gasteiger partial charge in [0.2, 0.25) is 0 Å². The first-order valence-corrected chi connectivity index (χ1v) is 7.31. The van der Waals surface area contributed by atoms with Crippen molar-refractivity contribution in [3.63, 3.8) is 0 Å². The summed E-state index contributed by atoms with van der Waals surface area (Å²) in [5.41, 5.74) is 0.933. The molecule has 0 aromatic heterocycles. The van der Waals surface area contributed by atoms with E-state index in [1.54, 1.807) is 48.5 Å². The number of nitrogens with one attached hydrogen (secondary N) is 1. The summed E-state index contributed by atoms with van der Waals surface area (Å²) < 4.78 is 5.21. The molecule has 0 saturated carbocycles. The number of benzene rings is 2. The lowest BCUT2D eigenvalue weighted by Gasteiger charge is -2.16. The maximum atomic E-state index is 12.2. The molecule has 2 aromatic rings. The maximum absolute atomic E-state index is 12.2. The Hall–Kier alpha value is -2.53. The van der Waals surface area contributed by atoms with E-state index in [9.17, 15) is 14.7 Å². The zero-order valence-corrected chi connectivity index (χ0v) is 13.2. The Bertz CT molecular complexity index is 717. The van der Waals surface area contributed by atoms with Crippen molar-refractivity contribution < 1.29 is 19.4 Å². The molecule has 0 aliphatic rings. The van der Waals surface area contributed by atoms with Crippen LogP contribution in [0.5, 0.6) is 5.75 Å². The summed E-state index contributed by atoms with van der Waals surface area (Å²) in [6, 6.07) is 12.5. The van der Waals surface area contributed by atoms with Crippen LogP contribution in [0.15, 0.2) is 48.5 Å². The molecule has 0 heterocycles. The largest absolute Gasteiger partial charge is 0.496 e. The number of carbonyl (C=O) groups excluding carboxylic acids is 1. The molecule has 0 saturated heterocycles. The van der Waals surface area contributed by atoms with Crippen LogP contribution in [-0.2, 0) is 11.2 Å². The first-order chi connectivity index (χ1) is 11.0. The van der Waals surface area contributed by atoms with Crippen molar-refractivity contribution in [2.45, 2.75) is 12.5 Å². The van der Waals surface area contributed by atoms with Crippen molar-refractivity contribution in [2.24, 2.45) is 0 Å². The van der Waals surface area contributed by atoms with E-state index in [2.05, 4.69) is 5.32 Å². The monoisotopic (exact) mass is 333 g/mol. The molecular formula is C17H16ClNO4. The molecule has 23 heavy (non-hydrogen) atoms. The van der Waals surface area contributed by atoms with Gasteiger partial charge in [-0.05, 0) is 23.8 Å². The number of para-hydroxylation sites is 1. The Balaban J connectivity index is 2.18. The second-order valence-electron chi connectivity index (χ2n) is 4.86. The number of carbonyl (C=O) groups is 2. The van der Waals surface area contributed by atoms with Gasteiger partial charge in [0.15, 0.2) is 0 Å². The zero-order valence-electron chi connectivity index (χ0n) is 12.5. The van der Waals surface area contributed by atoms with Gasteiger partial charge in [0.05, 0.1) is 17.7 Å². The second kappa shape index (κ2) is 7.65. The van der Waals surface area contributed by atoms with Crippen molar-refractivity contribution >= 4 is 23.5 Å². The van der Waals surface area contributed by atoms with Crippen LogP contribution in [0, 0.1) is 0 Å². The van der Waals surface area contributed by atoms with Crippen LogP contribution in [0.1, 0.15) is 15.9 Å². The van der Waals surface area contributed by atoms with Gasteiger partial charge < -0.3 is 15.2 Å². The molecular weight excluding hydrogens is 318 g/mol. The van der Waals surface area contributed by atoms with Crippen LogP contribution in [0.3, 0.4) is 0 Å². The van der Waals surface area contributed by atoms with Crippen LogP contribution >= 0.6 is 11.6 Å². The standard InChI is InChI=1S/C17H16ClNO4/c1-23-15-9-5-2-6-11(15)10-14(17(21)22)19-16(20)12-7-3-4-8-13(12)18/h2-9,14H,10H2,1H3,(H,19,20)(H,21,22)/t14-/m1/s1. The quantitative estimate of drug-likeness (QED) is 0.852. The van der Waals surface area contributed by atoms with Crippen molar-refractivity contribution in [3.05, 3.63) is 64.7 Å². The highest BCUT2D eigenvalue weighted by atomic mass is 35.5. The third-order valence-electron chi connectivity index (χ3n) is 3.34. The van der Waals surface area contributed by atoms with Crippen molar-refractivity contribution in [2.75, 3.05) is 7.11 Å². The number of rotatable bonds is 6. The van der Waals surface area contributed by atoms with E-state index in [0.29, 0.717) is 11.3 Å². The summed E-state index contributed by atoms with van der Waals surface area (Å²) in [5, 5.41) is 12.1. The van der Waals surface area contributed by atoms with E-state index in [4.69, 9.17) is 16.3 Å². The van der Waals surface area contributed by atoms with Crippen LogP contribution in [-0.4, -0.2) is 30.1 Å². The molecule has 120 valence electrons. The normalized spacial score (nSPS) is 11.6. The highest BCUT2D eigenvalue weighted by Crippen LogP contribution is 2.20. The van der Waals surface area contributed by atoms with Crippen LogP contribution < -0.4 is 10.1 Å². The molecule has 0 spiro atoms. The van der Waals surface area contributed by atoms with Crippen LogP contribution in [0.25, 0.3) is 0 Å². The van der Waals surface area contributed by atoms with Gasteiger partial charge >= 0.3 is 5.97 Å². The summed E-state index contributed by atoms with van der Waals surface area (Å²) in [5.74, 6) is -1.08. The third kappa shape index (κ3) is 4.23. The predicted molar refractivity (Wildman–Crippen MR) is 87.0 cm³/mol. The zero-order chi connectivity index (χ0) is 16.8. The van der Waals surface area contributed by atoms with E-state index < -0.39 is 17.9 Å². The molecule has 1 amide bonds. The lowest BCUT2D eigenvalue weighted by atomic mass is 10.0. The van der Waals surface area contributed by atoms with E-state index in [1.807, 2.05) is 0 Å². The lowest BCUT2D eigenvalue weighted by Crippen LogP contribution is -2.42. The summed E-state index contributed by atoms with van der Waals surface area (Å²) in [6.45, 7) is 0. The minimum absolute atomic E-state index is 0.107. The van der Waals surface area contributed by atoms with Gasteiger partial charge in [-0.15, -0.1) is 0 Å². The molecule has 0 bridgehead atoms. The number of hydrogen-bond acceptors (Lipinski definition) is 3. The van der Waals surface area contributed by atoms with Crippen LogP contribution in [0.2, 0.25) is 5.02 Å². The summed E-state index contributed by atoms with van der Waals surface area (Å²) >= 11 is 5.96. The number of amides is 1. The molecule has 6 heteroatoms. The van der Waals surface area contributed by atoms with E-state index in [0.717, 1.165) is 0 Å². The van der Waals surface area contributed by atoms with Gasteiger partial charge in [0.25, 0.3) is 5.91 Å². The Morgan fingerprint density at radius 3 is 2.48 bits per heavy atom. The van der Waals surface area contributed by atoms with Gasteiger partial charge in [-0.3, -0.25) is 4.79 Å². The maximum Gasteiger partial charge on any atom is 0.326 e. The first kappa shape index (κ1) is 16.8. The molecule has 0 unspecified atom stereocenters. The highest BCUT2D eigenvalue weighted by molar-refractivity contribution is 6.33. The lowest BCUT2D eigenvalue weighted by molar-refractivity contribution is -0.139. The van der Waals surface area contributed by atoms with Gasteiger partial charge in [-0.2, -0.15) is 0 Å². The number of halogens is 1. The fourth-order valence-corrected chi connectivity index (χ4v) is 2.39. The Kier molecular flexibility index (Phi) is 5.60. The van der Waals surface area contributed by atoms with Gasteiger partial charge in [0, 0.05) is 6.42 Å². The van der Waals surface area contributed by atoms with E-state index >= 15 is 0 Å². The molecule has 2 N–H and O–H groups in total. The molecule has 2 rings (SSSR count). The van der Waals surface area contributed by atoms with Crippen molar-refractivity contribution in [1.29, 1.82) is 0 Å². The van der Waals surface area contributed by atoms with Crippen molar-refractivity contribution in [3.8, 4) is 5.75 Å². The smallest absolute Gasteiger partial charge is 0.326 e. The van der Waals surface area contributed by atoms with Gasteiger partial charge in [-0.25, -0.2) is 4.79 Å². The summed E-state index contributed by atoms with van der Waals surface area (Å²) in [6.07, 6.45) is 0.107. The van der Waals surface area contributed by atoms with Crippen LogP contribution in [0.4, 0.5) is 0 Å². The SMILES string of the molecule is COc1ccccc1C[C@@H](NC(=O)c1ccccc1Cl)C(=O)O.